The molecule has 0 aliphatic carbocycles. The van der Waals surface area contributed by atoms with Gasteiger partial charge in [0.05, 0.1) is 10.4 Å². The molecule has 0 atom stereocenters. The van der Waals surface area contributed by atoms with Crippen LogP contribution in [0.2, 0.25) is 0 Å². The molecule has 3 heterocycles. The lowest BCUT2D eigenvalue weighted by Gasteiger charge is -2.22. The number of nitrogens with zero attached hydrogens (tertiary/aromatic N) is 2. The number of hydrogen-bond acceptors (Lipinski definition) is 5. The predicted molar refractivity (Wildman–Crippen MR) is 91.1 cm³/mol. The van der Waals surface area contributed by atoms with Crippen molar-refractivity contribution in [1.29, 1.82) is 0 Å². The largest absolute Gasteiger partial charge is 0.397 e. The van der Waals surface area contributed by atoms with E-state index in [2.05, 4.69) is 18.8 Å². The number of nitrogens with two attached hydrogens (primary N) is 1. The third-order valence-electron chi connectivity index (χ3n) is 3.85. The molecule has 21 heavy (non-hydrogen) atoms. The fraction of sp³-hybridized carbons (Fsp3) is 0.467. The first-order valence-corrected chi connectivity index (χ1v) is 8.83. The highest BCUT2D eigenvalue weighted by atomic mass is 32.2. The van der Waals surface area contributed by atoms with Gasteiger partial charge >= 0.3 is 0 Å². The van der Waals surface area contributed by atoms with E-state index < -0.39 is 0 Å². The van der Waals surface area contributed by atoms with E-state index >= 15 is 0 Å². The second-order valence-electron chi connectivity index (χ2n) is 5.87. The lowest BCUT2D eigenvalue weighted by molar-refractivity contribution is 0.0770. The van der Waals surface area contributed by atoms with Crippen LogP contribution in [-0.4, -0.2) is 39.4 Å². The van der Waals surface area contributed by atoms with Crippen molar-refractivity contribution in [2.45, 2.75) is 25.0 Å². The highest BCUT2D eigenvalue weighted by molar-refractivity contribution is 8.00. The van der Waals surface area contributed by atoms with Gasteiger partial charge in [-0.05, 0) is 12.5 Å². The van der Waals surface area contributed by atoms with Crippen LogP contribution < -0.4 is 5.73 Å². The number of fused-ring (bicyclic) bond motifs is 1. The van der Waals surface area contributed by atoms with Gasteiger partial charge in [0.15, 0.2) is 0 Å². The Bertz CT molecular complexity index is 681. The maximum absolute atomic E-state index is 12.8. The van der Waals surface area contributed by atoms with E-state index in [9.17, 15) is 4.79 Å². The van der Waals surface area contributed by atoms with E-state index in [0.29, 0.717) is 10.6 Å². The summed E-state index contributed by atoms with van der Waals surface area (Å²) in [5.74, 6) is 1.04. The summed E-state index contributed by atoms with van der Waals surface area (Å²) in [4.78, 5) is 19.5. The molecule has 1 aliphatic heterocycles. The fourth-order valence-corrected chi connectivity index (χ4v) is 4.65. The molecule has 1 aliphatic rings. The average Bonchev–Trinajstić information content (AvgIpc) is 2.67. The molecule has 0 saturated carbocycles. The molecule has 0 radical (unpaired) electrons. The van der Waals surface area contributed by atoms with Gasteiger partial charge in [-0.1, -0.05) is 13.8 Å². The highest BCUT2D eigenvalue weighted by Crippen LogP contribution is 2.35. The zero-order valence-electron chi connectivity index (χ0n) is 12.3. The van der Waals surface area contributed by atoms with Crippen LogP contribution in [0.1, 0.15) is 29.9 Å². The summed E-state index contributed by atoms with van der Waals surface area (Å²) < 4.78 is 1.22. The first kappa shape index (κ1) is 14.7. The number of anilines is 1. The molecule has 4 nitrogen and oxygen atoms in total. The first-order valence-electron chi connectivity index (χ1n) is 7.03. The number of nitrogen functional groups attached to an aromatic ring is 1. The predicted octanol–water partition coefficient (Wildman–Crippen LogP) is 3.24. The third-order valence-corrected chi connectivity index (χ3v) is 6.37. The van der Waals surface area contributed by atoms with Crippen LogP contribution in [-0.2, 0) is 0 Å². The molecule has 0 unspecified atom stereocenters. The van der Waals surface area contributed by atoms with E-state index in [1.807, 2.05) is 22.7 Å². The topological polar surface area (TPSA) is 59.2 Å². The molecule has 2 aromatic rings. The Kier molecular flexibility index (Phi) is 3.84. The monoisotopic (exact) mass is 321 g/mol. The zero-order chi connectivity index (χ0) is 15.0. The van der Waals surface area contributed by atoms with Crippen molar-refractivity contribution < 1.29 is 4.79 Å². The van der Waals surface area contributed by atoms with Crippen LogP contribution in [0.4, 0.5) is 5.69 Å². The molecule has 112 valence electrons. The van der Waals surface area contributed by atoms with Gasteiger partial charge in [-0.2, -0.15) is 11.8 Å². The number of hydrogen-bond donors (Lipinski definition) is 1. The van der Waals surface area contributed by atoms with Crippen molar-refractivity contribution in [3.8, 4) is 0 Å². The van der Waals surface area contributed by atoms with E-state index in [1.54, 1.807) is 12.4 Å². The molecule has 6 heteroatoms. The lowest BCUT2D eigenvalue weighted by Crippen LogP contribution is -2.33. The highest BCUT2D eigenvalue weighted by Gasteiger charge is 2.28. The Labute approximate surface area is 132 Å². The summed E-state index contributed by atoms with van der Waals surface area (Å²) in [5.41, 5.74) is 6.76. The minimum absolute atomic E-state index is 0.0620. The summed E-state index contributed by atoms with van der Waals surface area (Å²) in [6.07, 6.45) is 4.50. The van der Waals surface area contributed by atoms with Crippen molar-refractivity contribution in [1.82, 2.24) is 9.88 Å². The summed E-state index contributed by atoms with van der Waals surface area (Å²) in [6, 6.07) is 1.87. The number of rotatable bonds is 1. The third kappa shape index (κ3) is 2.87. The van der Waals surface area contributed by atoms with Gasteiger partial charge in [0, 0.05) is 41.4 Å². The minimum atomic E-state index is 0.0620. The van der Waals surface area contributed by atoms with Crippen LogP contribution in [0.25, 0.3) is 10.1 Å². The van der Waals surface area contributed by atoms with Gasteiger partial charge in [-0.15, -0.1) is 11.3 Å². The Morgan fingerprint density at radius 1 is 1.43 bits per heavy atom. The standard InChI is InChI=1S/C15H19N3OS2/c1-15(2)4-6-18(7-8-20-15)14(19)13-12(16)10-3-5-17-9-11(10)21-13/h3,5,9H,4,6-8,16H2,1-2H3. The van der Waals surface area contributed by atoms with Crippen molar-refractivity contribution in [3.63, 3.8) is 0 Å². The van der Waals surface area contributed by atoms with Crippen LogP contribution in [0.3, 0.4) is 0 Å². The minimum Gasteiger partial charge on any atom is -0.397 e. The molecule has 0 bridgehead atoms. The van der Waals surface area contributed by atoms with E-state index in [-0.39, 0.29) is 10.7 Å². The molecular formula is C15H19N3OS2. The second kappa shape index (κ2) is 5.50. The van der Waals surface area contributed by atoms with E-state index in [4.69, 9.17) is 5.73 Å². The van der Waals surface area contributed by atoms with Crippen molar-refractivity contribution in [2.75, 3.05) is 24.6 Å². The summed E-state index contributed by atoms with van der Waals surface area (Å²) >= 11 is 3.38. The normalized spacial score (nSPS) is 18.7. The van der Waals surface area contributed by atoms with Gasteiger partial charge in [-0.3, -0.25) is 9.78 Å². The van der Waals surface area contributed by atoms with Crippen molar-refractivity contribution in [2.24, 2.45) is 0 Å². The number of carbonyl (C=O) groups excluding carboxylic acids is 1. The van der Waals surface area contributed by atoms with Gasteiger partial charge in [0.2, 0.25) is 0 Å². The SMILES string of the molecule is CC1(C)CCN(C(=O)c2sc3cnccc3c2N)CCS1. The Hall–Kier alpha value is -1.27. The Morgan fingerprint density at radius 2 is 2.24 bits per heavy atom. The van der Waals surface area contributed by atoms with Crippen LogP contribution in [0, 0.1) is 0 Å². The number of carbonyl (C=O) groups is 1. The molecule has 2 N–H and O–H groups in total. The van der Waals surface area contributed by atoms with Gasteiger partial charge in [-0.25, -0.2) is 0 Å². The average molecular weight is 321 g/mol. The Balaban J connectivity index is 1.88. The first-order chi connectivity index (χ1) is 9.98. The molecule has 3 rings (SSSR count). The number of aromatic nitrogens is 1. The van der Waals surface area contributed by atoms with Gasteiger partial charge in [0.25, 0.3) is 5.91 Å². The molecule has 0 aromatic carbocycles. The van der Waals surface area contributed by atoms with Crippen LogP contribution >= 0.6 is 23.1 Å². The van der Waals surface area contributed by atoms with Gasteiger partial charge in [0.1, 0.15) is 4.88 Å². The quantitative estimate of drug-likeness (QED) is 0.876. The van der Waals surface area contributed by atoms with E-state index in [0.717, 1.165) is 35.3 Å². The number of thioether (sulfide) groups is 1. The molecular weight excluding hydrogens is 302 g/mol. The number of pyridine rings is 1. The maximum atomic E-state index is 12.8. The van der Waals surface area contributed by atoms with Crippen molar-refractivity contribution >= 4 is 44.8 Å². The molecule has 1 saturated heterocycles. The van der Waals surface area contributed by atoms with Gasteiger partial charge < -0.3 is 10.6 Å². The fourth-order valence-electron chi connectivity index (χ4n) is 2.50. The molecule has 1 fully saturated rings. The summed E-state index contributed by atoms with van der Waals surface area (Å²) in [7, 11) is 0. The van der Waals surface area contributed by atoms with Crippen LogP contribution in [0.5, 0.6) is 0 Å². The number of thiophene rings is 1. The molecule has 2 aromatic heterocycles. The summed E-state index contributed by atoms with van der Waals surface area (Å²) in [6.45, 7) is 6.07. The summed E-state index contributed by atoms with van der Waals surface area (Å²) in [5, 5.41) is 0.933. The van der Waals surface area contributed by atoms with Crippen LogP contribution in [0.15, 0.2) is 18.5 Å². The van der Waals surface area contributed by atoms with Crippen molar-refractivity contribution in [3.05, 3.63) is 23.3 Å². The molecule has 1 amide bonds. The lowest BCUT2D eigenvalue weighted by atomic mass is 10.1. The smallest absolute Gasteiger partial charge is 0.266 e. The van der Waals surface area contributed by atoms with E-state index in [1.165, 1.54) is 11.3 Å². The maximum Gasteiger partial charge on any atom is 0.266 e. The molecule has 0 spiro atoms. The number of amides is 1. The second-order valence-corrected chi connectivity index (χ2v) is 8.72. The Morgan fingerprint density at radius 3 is 3.00 bits per heavy atom. The zero-order valence-corrected chi connectivity index (χ0v) is 13.9.